The third-order valence-electron chi connectivity index (χ3n) is 3.60. The first kappa shape index (κ1) is 15.6. The smallest absolute Gasteiger partial charge is 0.416 e. The van der Waals surface area contributed by atoms with Crippen molar-refractivity contribution in [3.8, 4) is 11.9 Å². The Balaban J connectivity index is 2.36. The van der Waals surface area contributed by atoms with Crippen LogP contribution in [0.2, 0.25) is 0 Å². The van der Waals surface area contributed by atoms with Gasteiger partial charge in [-0.25, -0.2) is 4.98 Å². The van der Waals surface area contributed by atoms with Crippen molar-refractivity contribution in [3.63, 3.8) is 0 Å². The van der Waals surface area contributed by atoms with Crippen molar-refractivity contribution in [1.82, 2.24) is 9.97 Å². The Bertz CT molecular complexity index is 941. The van der Waals surface area contributed by atoms with Crippen molar-refractivity contribution >= 4 is 0 Å². The van der Waals surface area contributed by atoms with Crippen LogP contribution in [0.4, 0.5) is 13.2 Å². The van der Waals surface area contributed by atoms with E-state index in [1.165, 1.54) is 18.2 Å². The molecule has 1 aliphatic rings. The molecule has 1 aromatic heterocycles. The number of alkyl halides is 3. The Morgan fingerprint density at radius 2 is 2.04 bits per heavy atom. The number of rotatable bonds is 1. The van der Waals surface area contributed by atoms with Gasteiger partial charge in [0, 0.05) is 0 Å². The van der Waals surface area contributed by atoms with Crippen LogP contribution in [-0.2, 0) is 6.18 Å². The molecule has 6 nitrogen and oxygen atoms in total. The molecule has 0 amide bonds. The quantitative estimate of drug-likeness (QED) is 0.830. The average Bonchev–Trinajstić information content (AvgIpc) is 2.53. The van der Waals surface area contributed by atoms with Gasteiger partial charge in [0.1, 0.15) is 11.6 Å². The van der Waals surface area contributed by atoms with E-state index in [1.807, 2.05) is 0 Å². The van der Waals surface area contributed by atoms with Crippen molar-refractivity contribution in [2.75, 3.05) is 0 Å². The minimum absolute atomic E-state index is 0.194. The Hall–Kier alpha value is -3.28. The molecule has 2 aromatic rings. The predicted molar refractivity (Wildman–Crippen MR) is 75.6 cm³/mol. The molecule has 0 bridgehead atoms. The second kappa shape index (κ2) is 5.42. The standard InChI is InChI=1S/C15H9F3N4O2/c16-15(17,18)9-4-2-1-3-7(9)10-8(5-19)12(20)24-14-11(10)13(23)21-6-22-14/h1-4,6,10H,20H2,(H,21,22,23). The molecule has 24 heavy (non-hydrogen) atoms. The van der Waals surface area contributed by atoms with Gasteiger partial charge in [0.15, 0.2) is 0 Å². The van der Waals surface area contributed by atoms with Crippen LogP contribution in [0.15, 0.2) is 46.8 Å². The zero-order valence-electron chi connectivity index (χ0n) is 11.9. The molecule has 0 fully saturated rings. The third kappa shape index (κ3) is 2.38. The summed E-state index contributed by atoms with van der Waals surface area (Å²) in [6, 6.07) is 6.41. The van der Waals surface area contributed by atoms with E-state index < -0.39 is 23.2 Å². The van der Waals surface area contributed by atoms with Gasteiger partial charge in [-0.3, -0.25) is 4.79 Å². The molecule has 0 saturated heterocycles. The number of aromatic nitrogens is 2. The number of nitrogens with zero attached hydrogens (tertiary/aromatic N) is 2. The van der Waals surface area contributed by atoms with E-state index in [0.29, 0.717) is 0 Å². The van der Waals surface area contributed by atoms with E-state index in [1.54, 1.807) is 6.07 Å². The fraction of sp³-hybridized carbons (Fsp3) is 0.133. The highest BCUT2D eigenvalue weighted by Gasteiger charge is 2.40. The summed E-state index contributed by atoms with van der Waals surface area (Å²) in [6.45, 7) is 0. The Morgan fingerprint density at radius 1 is 1.33 bits per heavy atom. The van der Waals surface area contributed by atoms with E-state index in [0.717, 1.165) is 12.4 Å². The molecule has 122 valence electrons. The number of hydrogen-bond donors (Lipinski definition) is 2. The summed E-state index contributed by atoms with van der Waals surface area (Å²) in [6.07, 6.45) is -3.63. The van der Waals surface area contributed by atoms with Crippen LogP contribution in [0.3, 0.4) is 0 Å². The molecule has 3 N–H and O–H groups in total. The summed E-state index contributed by atoms with van der Waals surface area (Å²) >= 11 is 0. The minimum Gasteiger partial charge on any atom is -0.422 e. The van der Waals surface area contributed by atoms with Gasteiger partial charge in [0.05, 0.1) is 23.4 Å². The molecule has 0 saturated carbocycles. The topological polar surface area (TPSA) is 105 Å². The summed E-state index contributed by atoms with van der Waals surface area (Å²) in [4.78, 5) is 18.2. The van der Waals surface area contributed by atoms with Crippen LogP contribution in [0.1, 0.15) is 22.6 Å². The lowest BCUT2D eigenvalue weighted by atomic mass is 9.82. The maximum atomic E-state index is 13.3. The van der Waals surface area contributed by atoms with Crippen molar-refractivity contribution in [1.29, 1.82) is 5.26 Å². The highest BCUT2D eigenvalue weighted by Crippen LogP contribution is 2.43. The van der Waals surface area contributed by atoms with E-state index in [-0.39, 0.29) is 28.5 Å². The van der Waals surface area contributed by atoms with Gasteiger partial charge in [-0.05, 0) is 11.6 Å². The molecule has 0 aliphatic carbocycles. The number of fused-ring (bicyclic) bond motifs is 1. The molecule has 1 unspecified atom stereocenters. The lowest BCUT2D eigenvalue weighted by Gasteiger charge is -2.26. The number of ether oxygens (including phenoxy) is 1. The van der Waals surface area contributed by atoms with Crippen molar-refractivity contribution < 1.29 is 17.9 Å². The number of hydrogen-bond acceptors (Lipinski definition) is 5. The van der Waals surface area contributed by atoms with Crippen LogP contribution in [0.5, 0.6) is 5.88 Å². The van der Waals surface area contributed by atoms with Crippen LogP contribution >= 0.6 is 0 Å². The molecule has 2 heterocycles. The number of nitriles is 1. The van der Waals surface area contributed by atoms with Crippen LogP contribution in [-0.4, -0.2) is 9.97 Å². The molecule has 1 atom stereocenters. The van der Waals surface area contributed by atoms with Gasteiger partial charge in [-0.1, -0.05) is 18.2 Å². The SMILES string of the molecule is N#CC1=C(N)Oc2nc[nH]c(=O)c2C1c1ccccc1C(F)(F)F. The van der Waals surface area contributed by atoms with Gasteiger partial charge in [-0.15, -0.1) is 0 Å². The number of nitrogens with two attached hydrogens (primary N) is 1. The van der Waals surface area contributed by atoms with Crippen molar-refractivity contribution in [2.45, 2.75) is 12.1 Å². The molecule has 3 rings (SSSR count). The number of benzene rings is 1. The summed E-state index contributed by atoms with van der Waals surface area (Å²) in [7, 11) is 0. The first-order valence-electron chi connectivity index (χ1n) is 6.66. The van der Waals surface area contributed by atoms with Crippen LogP contribution < -0.4 is 16.0 Å². The first-order valence-corrected chi connectivity index (χ1v) is 6.66. The number of aromatic amines is 1. The molecular formula is C15H9F3N4O2. The van der Waals surface area contributed by atoms with E-state index in [2.05, 4.69) is 9.97 Å². The number of nitrogens with one attached hydrogen (secondary N) is 1. The predicted octanol–water partition coefficient (Wildman–Crippen LogP) is 2.01. The summed E-state index contributed by atoms with van der Waals surface area (Å²) < 4.78 is 45.2. The number of allylic oxidation sites excluding steroid dienone is 1. The molecule has 1 aliphatic heterocycles. The molecular weight excluding hydrogens is 325 g/mol. The van der Waals surface area contributed by atoms with Gasteiger partial charge < -0.3 is 15.5 Å². The Labute approximate surface area is 133 Å². The fourth-order valence-electron chi connectivity index (χ4n) is 2.61. The van der Waals surface area contributed by atoms with Crippen molar-refractivity contribution in [2.24, 2.45) is 5.73 Å². The van der Waals surface area contributed by atoms with Gasteiger partial charge in [0.25, 0.3) is 5.56 Å². The molecule has 1 aromatic carbocycles. The first-order chi connectivity index (χ1) is 11.3. The highest BCUT2D eigenvalue weighted by molar-refractivity contribution is 5.54. The summed E-state index contributed by atoms with van der Waals surface area (Å²) in [5.41, 5.74) is 3.23. The average molecular weight is 334 g/mol. The zero-order chi connectivity index (χ0) is 17.5. The van der Waals surface area contributed by atoms with E-state index >= 15 is 0 Å². The lowest BCUT2D eigenvalue weighted by Crippen LogP contribution is -2.29. The Kier molecular flexibility index (Phi) is 3.52. The third-order valence-corrected chi connectivity index (χ3v) is 3.60. The van der Waals surface area contributed by atoms with Gasteiger partial charge >= 0.3 is 6.18 Å². The van der Waals surface area contributed by atoms with Crippen molar-refractivity contribution in [3.05, 3.63) is 69.1 Å². The van der Waals surface area contributed by atoms with Crippen LogP contribution in [0.25, 0.3) is 0 Å². The second-order valence-electron chi connectivity index (χ2n) is 4.96. The number of H-pyrrole nitrogens is 1. The van der Waals surface area contributed by atoms with E-state index in [4.69, 9.17) is 10.5 Å². The Morgan fingerprint density at radius 3 is 2.71 bits per heavy atom. The second-order valence-corrected chi connectivity index (χ2v) is 4.96. The molecule has 0 radical (unpaired) electrons. The molecule has 9 heteroatoms. The monoisotopic (exact) mass is 334 g/mol. The van der Waals surface area contributed by atoms with Crippen LogP contribution in [0, 0.1) is 11.3 Å². The normalized spacial score (nSPS) is 17.0. The summed E-state index contributed by atoms with van der Waals surface area (Å²) in [5, 5.41) is 9.32. The molecule has 0 spiro atoms. The fourth-order valence-corrected chi connectivity index (χ4v) is 2.61. The zero-order valence-corrected chi connectivity index (χ0v) is 11.9. The van der Waals surface area contributed by atoms with E-state index in [9.17, 15) is 23.2 Å². The lowest BCUT2D eigenvalue weighted by molar-refractivity contribution is -0.138. The minimum atomic E-state index is -4.67. The van der Waals surface area contributed by atoms with Gasteiger partial charge in [0.2, 0.25) is 11.8 Å². The summed E-state index contributed by atoms with van der Waals surface area (Å²) in [5.74, 6) is -1.93. The maximum absolute atomic E-state index is 13.3. The maximum Gasteiger partial charge on any atom is 0.416 e. The highest BCUT2D eigenvalue weighted by atomic mass is 19.4. The van der Waals surface area contributed by atoms with Gasteiger partial charge in [-0.2, -0.15) is 18.4 Å². The number of halogens is 3. The largest absolute Gasteiger partial charge is 0.422 e.